The average molecular weight is 1270 g/mol. The number of rotatable bonds is 46. The monoisotopic (exact) mass is 1270 g/mol. The lowest BCUT2D eigenvalue weighted by atomic mass is 9.97. The minimum atomic E-state index is -1.63. The minimum Gasteiger partial charge on any atom is -0.508 e. The fourth-order valence-corrected chi connectivity index (χ4v) is 9.51. The maximum absolute atomic E-state index is 13.7. The van der Waals surface area contributed by atoms with Gasteiger partial charge in [0.2, 0.25) is 65.0 Å². The second-order valence-electron chi connectivity index (χ2n) is 22.8. The van der Waals surface area contributed by atoms with Gasteiger partial charge in [-0.25, -0.2) is 0 Å². The normalized spacial score (nSPS) is 15.2. The van der Waals surface area contributed by atoms with Crippen LogP contribution in [0.2, 0.25) is 0 Å². The lowest BCUT2D eigenvalue weighted by Crippen LogP contribution is -2.58. The second kappa shape index (κ2) is 44.3. The molecule has 11 amide bonds. The van der Waals surface area contributed by atoms with Crippen LogP contribution >= 0.6 is 0 Å². The van der Waals surface area contributed by atoms with E-state index in [9.17, 15) is 67.7 Å². The van der Waals surface area contributed by atoms with Crippen LogP contribution in [0.25, 0.3) is 0 Å². The summed E-state index contributed by atoms with van der Waals surface area (Å²) in [6.45, 7) is 6.30. The topological polar surface area (TPSA) is 475 Å². The van der Waals surface area contributed by atoms with Crippen LogP contribution in [0.3, 0.4) is 0 Å². The van der Waals surface area contributed by atoms with Crippen molar-refractivity contribution in [2.24, 2.45) is 17.4 Å². The number of amides is 11. The highest BCUT2D eigenvalue weighted by Crippen LogP contribution is 2.15. The predicted octanol–water partition coefficient (Wildman–Crippen LogP) is -1.72. The van der Waals surface area contributed by atoms with Crippen LogP contribution < -0.4 is 75.3 Å². The van der Waals surface area contributed by atoms with E-state index in [2.05, 4.69) is 70.7 Å². The lowest BCUT2D eigenvalue weighted by Gasteiger charge is -2.25. The number of nitrogens with two attached hydrogens (primary N) is 2. The molecule has 1 saturated heterocycles. The van der Waals surface area contributed by atoms with Crippen molar-refractivity contribution >= 4 is 76.9 Å². The molecule has 30 nitrogen and oxygen atoms in total. The number of benzene rings is 1. The molecule has 9 atom stereocenters. The van der Waals surface area contributed by atoms with Crippen molar-refractivity contribution in [2.45, 2.75) is 211 Å². The Labute approximate surface area is 527 Å². The standard InChI is InChI=1S/C60H101N15O15/c1-6-8-9-10-11-12-13-14-15-16-17-20-48(79)67-33-41(70-39(5)77)30-50(81)69-38(4)28-49(80)72-46(32-51(82)71-42-31-53(84)90-36-42)57(87)65-27-26-64-56(86)45(19-18-25-66-60(62)63)74-58(88)47(35-76)73-52(83)34-68-59(89)54(37(3)7-2)75-55(85)44(61)29-40-21-23-43(78)24-22-40/h21-24,37-38,41-42,44-47,54,76,78H,6-20,25-36,61H2,1-5H3,(H,64,86)(H,65,87)(H,67,79)(H,68,89)(H,69,81)(H,70,77)(H,71,82)(H,72,80)(H,73,83)(H,74,88)(H,75,85)(H4,62,63,66). The zero-order valence-electron chi connectivity index (χ0n) is 53.0. The van der Waals surface area contributed by atoms with E-state index in [1.807, 2.05) is 0 Å². The van der Waals surface area contributed by atoms with Gasteiger partial charge < -0.3 is 90.2 Å². The van der Waals surface area contributed by atoms with E-state index in [-0.39, 0.29) is 88.9 Å². The van der Waals surface area contributed by atoms with Crippen LogP contribution in [0, 0.1) is 11.3 Å². The number of guanidine groups is 1. The molecule has 0 saturated carbocycles. The molecule has 1 fully saturated rings. The Hall–Kier alpha value is -8.15. The zero-order chi connectivity index (χ0) is 67.0. The van der Waals surface area contributed by atoms with E-state index >= 15 is 0 Å². The summed E-state index contributed by atoms with van der Waals surface area (Å²) in [6, 6.07) is -2.83. The van der Waals surface area contributed by atoms with Crippen molar-refractivity contribution in [2.75, 3.05) is 45.9 Å². The van der Waals surface area contributed by atoms with Crippen LogP contribution in [0.15, 0.2) is 24.3 Å². The number of carbonyl (C=O) groups excluding carboxylic acids is 12. The van der Waals surface area contributed by atoms with Gasteiger partial charge >= 0.3 is 5.97 Å². The van der Waals surface area contributed by atoms with Gasteiger partial charge in [-0.2, -0.15) is 0 Å². The average Bonchev–Trinajstić information content (AvgIpc) is 3.51. The van der Waals surface area contributed by atoms with Gasteiger partial charge in [0.15, 0.2) is 5.96 Å². The van der Waals surface area contributed by atoms with Crippen molar-refractivity contribution in [1.29, 1.82) is 5.41 Å². The molecule has 30 heteroatoms. The molecule has 0 bridgehead atoms. The van der Waals surface area contributed by atoms with E-state index in [4.69, 9.17) is 21.6 Å². The first-order valence-corrected chi connectivity index (χ1v) is 31.4. The number of hydrogen-bond acceptors (Lipinski definition) is 17. The van der Waals surface area contributed by atoms with Crippen molar-refractivity contribution in [1.82, 2.24) is 63.8 Å². The molecular formula is C60H101N15O15. The summed E-state index contributed by atoms with van der Waals surface area (Å²) < 4.78 is 4.91. The molecule has 19 N–H and O–H groups in total. The predicted molar refractivity (Wildman–Crippen MR) is 333 cm³/mol. The summed E-state index contributed by atoms with van der Waals surface area (Å²) in [5.74, 6) is -8.87. The molecule has 9 unspecified atom stereocenters. The summed E-state index contributed by atoms with van der Waals surface area (Å²) in [5, 5.41) is 57.9. The van der Waals surface area contributed by atoms with Crippen LogP contribution in [-0.4, -0.2) is 181 Å². The molecule has 90 heavy (non-hydrogen) atoms. The lowest BCUT2D eigenvalue weighted by molar-refractivity contribution is -0.138. The third kappa shape index (κ3) is 34.6. The number of unbranched alkanes of at least 4 members (excludes halogenated alkanes) is 10. The van der Waals surface area contributed by atoms with Crippen molar-refractivity contribution in [3.63, 3.8) is 0 Å². The van der Waals surface area contributed by atoms with Crippen LogP contribution in [0.1, 0.15) is 162 Å². The van der Waals surface area contributed by atoms with E-state index in [1.54, 1.807) is 26.0 Å². The van der Waals surface area contributed by atoms with Crippen molar-refractivity contribution in [3.05, 3.63) is 29.8 Å². The molecule has 0 radical (unpaired) electrons. The molecule has 1 aromatic rings. The Morgan fingerprint density at radius 2 is 1.22 bits per heavy atom. The number of aliphatic hydroxyl groups is 1. The molecule has 0 aliphatic carbocycles. The van der Waals surface area contributed by atoms with Crippen LogP contribution in [-0.2, 0) is 68.7 Å². The van der Waals surface area contributed by atoms with Gasteiger partial charge in [0.25, 0.3) is 0 Å². The molecule has 0 aromatic heterocycles. The first-order chi connectivity index (χ1) is 42.8. The van der Waals surface area contributed by atoms with Gasteiger partial charge in [-0.1, -0.05) is 104 Å². The number of phenols is 1. The highest BCUT2D eigenvalue weighted by atomic mass is 16.5. The van der Waals surface area contributed by atoms with E-state index in [0.29, 0.717) is 24.8 Å². The van der Waals surface area contributed by atoms with Crippen LogP contribution in [0.5, 0.6) is 5.75 Å². The Bertz CT molecular complexity index is 2490. The van der Waals surface area contributed by atoms with Crippen molar-refractivity contribution in [3.8, 4) is 5.75 Å². The molecule has 1 aliphatic heterocycles. The van der Waals surface area contributed by atoms with Gasteiger partial charge in [-0.3, -0.25) is 62.9 Å². The molecule has 0 spiro atoms. The first-order valence-electron chi connectivity index (χ1n) is 31.4. The Kier molecular flexibility index (Phi) is 38.4. The number of cyclic esters (lactones) is 1. The maximum Gasteiger partial charge on any atom is 0.308 e. The highest BCUT2D eigenvalue weighted by Gasteiger charge is 2.32. The number of nitrogens with one attached hydrogen (secondary N) is 13. The molecule has 1 heterocycles. The number of hydrogen-bond donors (Lipinski definition) is 17. The number of phenolic OH excluding ortho intramolecular Hbond substituents is 1. The van der Waals surface area contributed by atoms with Gasteiger partial charge in [0.1, 0.15) is 36.5 Å². The minimum absolute atomic E-state index is 0.00822. The summed E-state index contributed by atoms with van der Waals surface area (Å²) in [4.78, 5) is 156. The molecule has 506 valence electrons. The third-order valence-electron chi connectivity index (χ3n) is 14.7. The van der Waals surface area contributed by atoms with E-state index in [0.717, 1.165) is 19.3 Å². The van der Waals surface area contributed by atoms with Crippen LogP contribution in [0.4, 0.5) is 0 Å². The largest absolute Gasteiger partial charge is 0.508 e. The fraction of sp³-hybridized carbons (Fsp3) is 0.683. The summed E-state index contributed by atoms with van der Waals surface area (Å²) in [5.41, 5.74) is 12.2. The quantitative estimate of drug-likeness (QED) is 0.0149. The fourth-order valence-electron chi connectivity index (χ4n) is 9.51. The highest BCUT2D eigenvalue weighted by molar-refractivity contribution is 5.95. The van der Waals surface area contributed by atoms with Gasteiger partial charge in [0, 0.05) is 58.4 Å². The number of esters is 1. The summed E-state index contributed by atoms with van der Waals surface area (Å²) in [6.07, 6.45) is 12.1. The maximum atomic E-state index is 13.7. The molecule has 2 rings (SSSR count). The van der Waals surface area contributed by atoms with E-state index in [1.165, 1.54) is 70.9 Å². The van der Waals surface area contributed by atoms with Gasteiger partial charge in [-0.15, -0.1) is 0 Å². The van der Waals surface area contributed by atoms with E-state index < -0.39 is 139 Å². The zero-order valence-corrected chi connectivity index (χ0v) is 53.0. The first kappa shape index (κ1) is 77.9. The number of aliphatic hydroxyl groups excluding tert-OH is 1. The third-order valence-corrected chi connectivity index (χ3v) is 14.7. The molecule has 1 aliphatic rings. The summed E-state index contributed by atoms with van der Waals surface area (Å²) in [7, 11) is 0. The molecule has 1 aromatic carbocycles. The van der Waals surface area contributed by atoms with Crippen molar-refractivity contribution < 1.29 is 72.5 Å². The SMILES string of the molecule is CCCCCCCCCCCCCC(=O)NCC(CC(=O)NC(C)CC(=O)NC(CC(=O)NC1COC(=O)C1)C(=O)NCCNC(=O)C(CCCNC(=N)N)NC(=O)C(CO)NC(=O)CNC(=O)C(NC(=O)C(N)Cc1ccc(O)cc1)C(C)CC)NC(C)=O. The van der Waals surface area contributed by atoms with Gasteiger partial charge in [-0.05, 0) is 56.2 Å². The number of carbonyl (C=O) groups is 12. The summed E-state index contributed by atoms with van der Waals surface area (Å²) >= 11 is 0. The Balaban J connectivity index is 2.02. The molecular weight excluding hydrogens is 1170 g/mol. The van der Waals surface area contributed by atoms with Gasteiger partial charge in [0.05, 0.1) is 44.1 Å². The number of ether oxygens (including phenoxy) is 1. The smallest absolute Gasteiger partial charge is 0.308 e. The second-order valence-corrected chi connectivity index (χ2v) is 22.8. The number of aromatic hydroxyl groups is 1. The Morgan fingerprint density at radius 1 is 0.622 bits per heavy atom. The Morgan fingerprint density at radius 3 is 1.80 bits per heavy atom.